The fourth-order valence-electron chi connectivity index (χ4n) is 0.867. The third kappa shape index (κ3) is 3.57. The zero-order chi connectivity index (χ0) is 11.4. The summed E-state index contributed by atoms with van der Waals surface area (Å²) in [5.74, 6) is -0.575. The molecule has 0 radical (unpaired) electrons. The van der Waals surface area contributed by atoms with E-state index in [2.05, 4.69) is 22.5 Å². The molecule has 0 fully saturated rings. The lowest BCUT2D eigenvalue weighted by molar-refractivity contribution is 0.0545. The van der Waals surface area contributed by atoms with Crippen LogP contribution in [0.5, 0.6) is 5.75 Å². The number of phenolic OH excluding ortho intramolecular Hbond substituents is 1. The molecule has 0 atom stereocenters. The molecule has 0 amide bonds. The van der Waals surface area contributed by atoms with E-state index < -0.39 is 5.97 Å². The summed E-state index contributed by atoms with van der Waals surface area (Å²) < 4.78 is 5.30. The van der Waals surface area contributed by atoms with Crippen molar-refractivity contribution in [1.29, 1.82) is 0 Å². The van der Waals surface area contributed by atoms with Gasteiger partial charge in [0.05, 0.1) is 10.0 Å². The summed E-state index contributed by atoms with van der Waals surface area (Å²) in [6.45, 7) is 3.34. The summed E-state index contributed by atoms with van der Waals surface area (Å²) in [4.78, 5) is 11.4. The molecule has 5 heteroatoms. The third-order valence-corrected chi connectivity index (χ3v) is 2.32. The minimum Gasteiger partial charge on any atom is -0.507 e. The van der Waals surface area contributed by atoms with Crippen LogP contribution in [0.3, 0.4) is 0 Å². The van der Waals surface area contributed by atoms with Gasteiger partial charge in [-0.2, -0.15) is 0 Å². The lowest BCUT2D eigenvalue weighted by Crippen LogP contribution is -2.06. The standard InChI is InChI=1S/C10H8BrClO3/c1-6(12)5-15-10(14)7-2-3-8(11)9(13)4-7/h2-4,13H,1,5H2. The van der Waals surface area contributed by atoms with Gasteiger partial charge in [0.2, 0.25) is 0 Å². The second kappa shape index (κ2) is 5.19. The summed E-state index contributed by atoms with van der Waals surface area (Å²) in [5, 5.41) is 9.57. The van der Waals surface area contributed by atoms with E-state index in [1.807, 2.05) is 0 Å². The Kier molecular flexibility index (Phi) is 4.17. The molecular weight excluding hydrogens is 283 g/mol. The molecule has 0 heterocycles. The predicted octanol–water partition coefficient (Wildman–Crippen LogP) is 3.06. The lowest BCUT2D eigenvalue weighted by atomic mass is 10.2. The van der Waals surface area contributed by atoms with Crippen molar-refractivity contribution in [1.82, 2.24) is 0 Å². The molecule has 0 spiro atoms. The third-order valence-electron chi connectivity index (χ3n) is 1.54. The van der Waals surface area contributed by atoms with Crippen LogP contribution in [0.15, 0.2) is 34.3 Å². The number of esters is 1. The van der Waals surface area contributed by atoms with Crippen LogP contribution in [0.4, 0.5) is 0 Å². The van der Waals surface area contributed by atoms with Gasteiger partial charge in [-0.3, -0.25) is 0 Å². The van der Waals surface area contributed by atoms with Crippen molar-refractivity contribution >= 4 is 33.5 Å². The molecule has 0 aliphatic carbocycles. The maximum Gasteiger partial charge on any atom is 0.338 e. The number of hydrogen-bond donors (Lipinski definition) is 1. The van der Waals surface area contributed by atoms with Crippen LogP contribution in [0.2, 0.25) is 0 Å². The fraction of sp³-hybridized carbons (Fsp3) is 0.100. The molecular formula is C10H8BrClO3. The van der Waals surface area contributed by atoms with Crippen LogP contribution < -0.4 is 0 Å². The Labute approximate surface area is 100 Å². The zero-order valence-corrected chi connectivity index (χ0v) is 10.0. The highest BCUT2D eigenvalue weighted by atomic mass is 79.9. The molecule has 0 aliphatic rings. The Balaban J connectivity index is 2.74. The quantitative estimate of drug-likeness (QED) is 0.871. The average Bonchev–Trinajstić information content (AvgIpc) is 2.18. The minimum absolute atomic E-state index is 0.0193. The Morgan fingerprint density at radius 1 is 1.60 bits per heavy atom. The summed E-state index contributed by atoms with van der Waals surface area (Å²) in [5.41, 5.74) is 0.258. The van der Waals surface area contributed by atoms with E-state index in [0.29, 0.717) is 4.47 Å². The number of halogens is 2. The van der Waals surface area contributed by atoms with E-state index in [0.717, 1.165) is 0 Å². The summed E-state index contributed by atoms with van der Waals surface area (Å²) in [6, 6.07) is 4.40. The highest BCUT2D eigenvalue weighted by Crippen LogP contribution is 2.24. The predicted molar refractivity (Wildman–Crippen MR) is 61.1 cm³/mol. The fourth-order valence-corrected chi connectivity index (χ4v) is 1.17. The number of phenols is 1. The van der Waals surface area contributed by atoms with Crippen molar-refractivity contribution in [2.24, 2.45) is 0 Å². The van der Waals surface area contributed by atoms with Gasteiger partial charge in [-0.05, 0) is 34.1 Å². The van der Waals surface area contributed by atoms with Crippen LogP contribution in [0, 0.1) is 0 Å². The Morgan fingerprint density at radius 3 is 2.80 bits per heavy atom. The number of rotatable bonds is 3. The SMILES string of the molecule is C=C(Cl)COC(=O)c1ccc(Br)c(O)c1. The Hall–Kier alpha value is -1.00. The van der Waals surface area contributed by atoms with Crippen LogP contribution in [0.25, 0.3) is 0 Å². The van der Waals surface area contributed by atoms with Crippen molar-refractivity contribution in [3.05, 3.63) is 39.8 Å². The van der Waals surface area contributed by atoms with Gasteiger partial charge in [-0.25, -0.2) is 4.79 Å². The second-order valence-electron chi connectivity index (χ2n) is 2.76. The van der Waals surface area contributed by atoms with Crippen LogP contribution in [-0.2, 0) is 4.74 Å². The van der Waals surface area contributed by atoms with Gasteiger partial charge in [-0.15, -0.1) is 0 Å². The lowest BCUT2D eigenvalue weighted by Gasteiger charge is -2.04. The Morgan fingerprint density at radius 2 is 2.27 bits per heavy atom. The first-order valence-electron chi connectivity index (χ1n) is 3.99. The van der Waals surface area contributed by atoms with E-state index in [4.69, 9.17) is 16.3 Å². The topological polar surface area (TPSA) is 46.5 Å². The van der Waals surface area contributed by atoms with E-state index in [1.165, 1.54) is 12.1 Å². The van der Waals surface area contributed by atoms with Crippen molar-refractivity contribution in [2.75, 3.05) is 6.61 Å². The first kappa shape index (κ1) is 12.1. The largest absolute Gasteiger partial charge is 0.507 e. The maximum atomic E-state index is 11.4. The number of benzene rings is 1. The molecule has 15 heavy (non-hydrogen) atoms. The number of carbonyl (C=O) groups excluding carboxylic acids is 1. The van der Waals surface area contributed by atoms with Crippen molar-refractivity contribution < 1.29 is 14.6 Å². The molecule has 1 N–H and O–H groups in total. The molecule has 1 aromatic carbocycles. The molecule has 0 unspecified atom stereocenters. The molecule has 0 aromatic heterocycles. The summed E-state index contributed by atoms with van der Waals surface area (Å²) >= 11 is 8.54. The van der Waals surface area contributed by atoms with E-state index in [9.17, 15) is 9.90 Å². The number of ether oxygens (including phenoxy) is 1. The maximum absolute atomic E-state index is 11.4. The van der Waals surface area contributed by atoms with Gasteiger partial charge in [0.25, 0.3) is 0 Å². The van der Waals surface area contributed by atoms with Crippen LogP contribution >= 0.6 is 27.5 Å². The van der Waals surface area contributed by atoms with E-state index >= 15 is 0 Å². The summed E-state index contributed by atoms with van der Waals surface area (Å²) in [7, 11) is 0. The number of aromatic hydroxyl groups is 1. The first-order valence-corrected chi connectivity index (χ1v) is 5.16. The Bertz CT molecular complexity index is 404. The van der Waals surface area contributed by atoms with Crippen molar-refractivity contribution in [3.8, 4) is 5.75 Å². The minimum atomic E-state index is -0.556. The monoisotopic (exact) mass is 290 g/mol. The molecule has 1 aromatic rings. The molecule has 0 bridgehead atoms. The van der Waals surface area contributed by atoms with Crippen LogP contribution in [0.1, 0.15) is 10.4 Å². The summed E-state index contributed by atoms with van der Waals surface area (Å²) in [6.07, 6.45) is 0. The number of carbonyl (C=O) groups is 1. The first-order chi connectivity index (χ1) is 7.00. The van der Waals surface area contributed by atoms with Gasteiger partial charge in [-0.1, -0.05) is 18.2 Å². The van der Waals surface area contributed by atoms with Gasteiger partial charge < -0.3 is 9.84 Å². The smallest absolute Gasteiger partial charge is 0.338 e. The normalized spacial score (nSPS) is 9.73. The highest BCUT2D eigenvalue weighted by Gasteiger charge is 2.09. The zero-order valence-electron chi connectivity index (χ0n) is 7.67. The van der Waals surface area contributed by atoms with Gasteiger partial charge in [0.1, 0.15) is 12.4 Å². The molecule has 0 aliphatic heterocycles. The highest BCUT2D eigenvalue weighted by molar-refractivity contribution is 9.10. The second-order valence-corrected chi connectivity index (χ2v) is 4.15. The number of hydrogen-bond acceptors (Lipinski definition) is 3. The molecule has 3 nitrogen and oxygen atoms in total. The average molecular weight is 292 g/mol. The molecule has 80 valence electrons. The van der Waals surface area contributed by atoms with Crippen molar-refractivity contribution in [3.63, 3.8) is 0 Å². The molecule has 0 saturated carbocycles. The van der Waals surface area contributed by atoms with E-state index in [-0.39, 0.29) is 23.0 Å². The van der Waals surface area contributed by atoms with Gasteiger partial charge >= 0.3 is 5.97 Å². The molecule has 0 saturated heterocycles. The van der Waals surface area contributed by atoms with Gasteiger partial charge in [0, 0.05) is 5.03 Å². The van der Waals surface area contributed by atoms with E-state index in [1.54, 1.807) is 6.07 Å². The van der Waals surface area contributed by atoms with Crippen LogP contribution in [-0.4, -0.2) is 17.7 Å². The molecule has 1 rings (SSSR count). The van der Waals surface area contributed by atoms with Crippen molar-refractivity contribution in [2.45, 2.75) is 0 Å². The van der Waals surface area contributed by atoms with Gasteiger partial charge in [0.15, 0.2) is 0 Å².